The summed E-state index contributed by atoms with van der Waals surface area (Å²) >= 11 is 0. The maximum atomic E-state index is 5.60. The Morgan fingerprint density at radius 2 is 2.12 bits per heavy atom. The van der Waals surface area contributed by atoms with Crippen LogP contribution in [0.3, 0.4) is 0 Å². The zero-order valence-corrected chi connectivity index (χ0v) is 16.9. The molecule has 1 fully saturated rings. The molecule has 0 aromatic heterocycles. The van der Waals surface area contributed by atoms with E-state index in [1.165, 1.54) is 12.0 Å². The van der Waals surface area contributed by atoms with Crippen LogP contribution in [0.4, 0.5) is 0 Å². The first kappa shape index (κ1) is 20.7. The van der Waals surface area contributed by atoms with Gasteiger partial charge in [0, 0.05) is 44.7 Å². The summed E-state index contributed by atoms with van der Waals surface area (Å²) in [5.41, 5.74) is 1.34. The van der Waals surface area contributed by atoms with Gasteiger partial charge >= 0.3 is 0 Å². The molecule has 0 amide bonds. The minimum atomic E-state index is 0.394. The van der Waals surface area contributed by atoms with Crippen molar-refractivity contribution in [3.8, 4) is 0 Å². The molecule has 26 heavy (non-hydrogen) atoms. The lowest BCUT2D eigenvalue weighted by Gasteiger charge is -2.26. The molecule has 1 N–H and O–H groups in total. The Bertz CT molecular complexity index is 534. The average Bonchev–Trinajstić information content (AvgIpc) is 3.12. The second-order valence-corrected chi connectivity index (χ2v) is 7.20. The molecule has 2 rings (SSSR count). The molecule has 1 saturated heterocycles. The van der Waals surface area contributed by atoms with Crippen molar-refractivity contribution in [1.29, 1.82) is 0 Å². The van der Waals surface area contributed by atoms with Crippen LogP contribution in [0.5, 0.6) is 0 Å². The van der Waals surface area contributed by atoms with Gasteiger partial charge in [-0.25, -0.2) is 0 Å². The third kappa shape index (κ3) is 6.61. The molecule has 1 aliphatic rings. The molecule has 0 saturated carbocycles. The molecule has 0 aliphatic carbocycles. The van der Waals surface area contributed by atoms with E-state index in [0.717, 1.165) is 51.9 Å². The van der Waals surface area contributed by atoms with Crippen molar-refractivity contribution in [3.05, 3.63) is 35.9 Å². The lowest BCUT2D eigenvalue weighted by molar-refractivity contribution is 0.114. The molecule has 0 spiro atoms. The number of hydrogen-bond donors (Lipinski definition) is 1. The highest BCUT2D eigenvalue weighted by Gasteiger charge is 2.25. The van der Waals surface area contributed by atoms with Gasteiger partial charge < -0.3 is 15.0 Å². The number of likely N-dealkylation sites (tertiary alicyclic amines) is 1. The summed E-state index contributed by atoms with van der Waals surface area (Å²) < 4.78 is 5.60. The van der Waals surface area contributed by atoms with Crippen LogP contribution in [0.2, 0.25) is 0 Å². The van der Waals surface area contributed by atoms with Crippen LogP contribution < -0.4 is 5.32 Å². The van der Waals surface area contributed by atoms with Gasteiger partial charge in [0.05, 0.1) is 13.2 Å². The van der Waals surface area contributed by atoms with Crippen LogP contribution in [0.15, 0.2) is 35.3 Å². The predicted octanol–water partition coefficient (Wildman–Crippen LogP) is 2.83. The fourth-order valence-electron chi connectivity index (χ4n) is 3.26. The molecule has 0 bridgehead atoms. The number of nitrogens with one attached hydrogen (secondary N) is 1. The zero-order chi connectivity index (χ0) is 18.8. The molecular formula is C21H36N4O. The van der Waals surface area contributed by atoms with E-state index in [4.69, 9.17) is 9.73 Å². The number of rotatable bonds is 9. The SMILES string of the molecule is CCNC(=NCC(C)N(C)Cc1ccccc1)N1CCC(COCC)C1. The standard InChI is InChI=1S/C21H36N4O/c1-5-22-21(25-13-12-20(16-25)17-26-6-2)23-14-18(3)24(4)15-19-10-8-7-9-11-19/h7-11,18,20H,5-6,12-17H2,1-4H3,(H,22,23). The summed E-state index contributed by atoms with van der Waals surface area (Å²) in [6.07, 6.45) is 1.19. The van der Waals surface area contributed by atoms with Crippen LogP contribution in [0.1, 0.15) is 32.8 Å². The van der Waals surface area contributed by atoms with E-state index in [0.29, 0.717) is 12.0 Å². The first-order valence-corrected chi connectivity index (χ1v) is 9.99. The number of benzene rings is 1. The van der Waals surface area contributed by atoms with Crippen molar-refractivity contribution < 1.29 is 4.74 Å². The number of nitrogens with zero attached hydrogens (tertiary/aromatic N) is 3. The van der Waals surface area contributed by atoms with Crippen molar-refractivity contribution in [2.45, 2.75) is 39.8 Å². The molecular weight excluding hydrogens is 324 g/mol. The largest absolute Gasteiger partial charge is 0.381 e. The van der Waals surface area contributed by atoms with Crippen molar-refractivity contribution in [3.63, 3.8) is 0 Å². The first-order valence-electron chi connectivity index (χ1n) is 9.99. The monoisotopic (exact) mass is 360 g/mol. The number of likely N-dealkylation sites (N-methyl/N-ethyl adjacent to an activating group) is 1. The Morgan fingerprint density at radius 3 is 2.81 bits per heavy atom. The second kappa shape index (κ2) is 11.2. The van der Waals surface area contributed by atoms with E-state index in [1.807, 2.05) is 0 Å². The van der Waals surface area contributed by atoms with Crippen LogP contribution in [-0.4, -0.2) is 68.2 Å². The highest BCUT2D eigenvalue weighted by atomic mass is 16.5. The molecule has 1 aliphatic heterocycles. The highest BCUT2D eigenvalue weighted by molar-refractivity contribution is 5.80. The summed E-state index contributed by atoms with van der Waals surface area (Å²) in [5, 5.41) is 3.46. The van der Waals surface area contributed by atoms with E-state index in [-0.39, 0.29) is 0 Å². The molecule has 0 radical (unpaired) electrons. The Balaban J connectivity index is 1.87. The molecule has 1 aromatic rings. The maximum Gasteiger partial charge on any atom is 0.193 e. The molecule has 146 valence electrons. The second-order valence-electron chi connectivity index (χ2n) is 7.20. The molecule has 2 atom stereocenters. The summed E-state index contributed by atoms with van der Waals surface area (Å²) in [6.45, 7) is 12.9. The highest BCUT2D eigenvalue weighted by Crippen LogP contribution is 2.17. The van der Waals surface area contributed by atoms with Crippen molar-refractivity contribution in [2.75, 3.05) is 46.4 Å². The predicted molar refractivity (Wildman–Crippen MR) is 110 cm³/mol. The van der Waals surface area contributed by atoms with Gasteiger partial charge in [0.15, 0.2) is 5.96 Å². The third-order valence-corrected chi connectivity index (χ3v) is 5.01. The van der Waals surface area contributed by atoms with E-state index >= 15 is 0 Å². The molecule has 1 aromatic carbocycles. The van der Waals surface area contributed by atoms with Gasteiger partial charge in [0.25, 0.3) is 0 Å². The van der Waals surface area contributed by atoms with Crippen molar-refractivity contribution >= 4 is 5.96 Å². The lowest BCUT2D eigenvalue weighted by Crippen LogP contribution is -2.41. The van der Waals surface area contributed by atoms with Gasteiger partial charge in [-0.2, -0.15) is 0 Å². The van der Waals surface area contributed by atoms with Crippen LogP contribution in [-0.2, 0) is 11.3 Å². The number of hydrogen-bond acceptors (Lipinski definition) is 3. The Labute approximate surface area is 159 Å². The van der Waals surface area contributed by atoms with Crippen LogP contribution in [0.25, 0.3) is 0 Å². The van der Waals surface area contributed by atoms with Crippen molar-refractivity contribution in [1.82, 2.24) is 15.1 Å². The fourth-order valence-corrected chi connectivity index (χ4v) is 3.26. The third-order valence-electron chi connectivity index (χ3n) is 5.01. The molecule has 1 heterocycles. The topological polar surface area (TPSA) is 40.1 Å². The summed E-state index contributed by atoms with van der Waals surface area (Å²) in [4.78, 5) is 9.67. The quantitative estimate of drug-likeness (QED) is 0.543. The fraction of sp³-hybridized carbons (Fsp3) is 0.667. The maximum absolute atomic E-state index is 5.60. The molecule has 2 unspecified atom stereocenters. The summed E-state index contributed by atoms with van der Waals surface area (Å²) in [6, 6.07) is 11.0. The van der Waals surface area contributed by atoms with Gasteiger partial charge in [-0.3, -0.25) is 9.89 Å². The lowest BCUT2D eigenvalue weighted by atomic mass is 10.1. The van der Waals surface area contributed by atoms with Crippen LogP contribution in [0, 0.1) is 5.92 Å². The normalized spacial score (nSPS) is 19.2. The summed E-state index contributed by atoms with van der Waals surface area (Å²) in [5.74, 6) is 1.67. The molecule has 5 heteroatoms. The number of aliphatic imine (C=N–C) groups is 1. The Morgan fingerprint density at radius 1 is 1.35 bits per heavy atom. The number of ether oxygens (including phenoxy) is 1. The van der Waals surface area contributed by atoms with Gasteiger partial charge in [0.1, 0.15) is 0 Å². The Hall–Kier alpha value is -1.59. The number of guanidine groups is 1. The Kier molecular flexibility index (Phi) is 8.92. The minimum absolute atomic E-state index is 0.394. The molecule has 5 nitrogen and oxygen atoms in total. The zero-order valence-electron chi connectivity index (χ0n) is 16.9. The van der Waals surface area contributed by atoms with Gasteiger partial charge in [-0.15, -0.1) is 0 Å². The van der Waals surface area contributed by atoms with E-state index in [1.54, 1.807) is 0 Å². The van der Waals surface area contributed by atoms with E-state index in [9.17, 15) is 0 Å². The smallest absolute Gasteiger partial charge is 0.193 e. The van der Waals surface area contributed by atoms with Gasteiger partial charge in [-0.1, -0.05) is 30.3 Å². The summed E-state index contributed by atoms with van der Waals surface area (Å²) in [7, 11) is 2.17. The minimum Gasteiger partial charge on any atom is -0.381 e. The average molecular weight is 361 g/mol. The first-order chi connectivity index (χ1) is 12.6. The van der Waals surface area contributed by atoms with E-state index in [2.05, 4.69) is 73.3 Å². The van der Waals surface area contributed by atoms with Gasteiger partial charge in [0.2, 0.25) is 0 Å². The van der Waals surface area contributed by atoms with Crippen LogP contribution >= 0.6 is 0 Å². The van der Waals surface area contributed by atoms with E-state index < -0.39 is 0 Å². The van der Waals surface area contributed by atoms with Crippen molar-refractivity contribution in [2.24, 2.45) is 10.9 Å². The van der Waals surface area contributed by atoms with Gasteiger partial charge in [-0.05, 0) is 39.8 Å².